The number of nitrogens with two attached hydrogens (primary N) is 1. The van der Waals surface area contributed by atoms with Crippen LogP contribution < -0.4 is 10.6 Å². The molecule has 0 heterocycles. The Labute approximate surface area is 97.0 Å². The zero-order valence-electron chi connectivity index (χ0n) is 9.46. The molecule has 15 heavy (non-hydrogen) atoms. The summed E-state index contributed by atoms with van der Waals surface area (Å²) in [6.07, 6.45) is 2.38. The van der Waals surface area contributed by atoms with Crippen LogP contribution in [0.2, 0.25) is 5.02 Å². The van der Waals surface area contributed by atoms with E-state index < -0.39 is 0 Å². The fourth-order valence-corrected chi connectivity index (χ4v) is 1.75. The first-order valence-corrected chi connectivity index (χ1v) is 5.76. The van der Waals surface area contributed by atoms with Gasteiger partial charge in [-0.3, -0.25) is 0 Å². The van der Waals surface area contributed by atoms with Crippen molar-refractivity contribution in [1.82, 2.24) is 0 Å². The Balaban J connectivity index is 2.85. The van der Waals surface area contributed by atoms with Gasteiger partial charge in [-0.2, -0.15) is 0 Å². The van der Waals surface area contributed by atoms with Gasteiger partial charge in [-0.15, -0.1) is 0 Å². The minimum atomic E-state index is 0.558. The number of benzene rings is 1. The molecule has 0 radical (unpaired) electrons. The average Bonchev–Trinajstić information content (AvgIpc) is 2.25. The normalized spacial score (nSPS) is 10.4. The molecule has 0 fully saturated rings. The number of halogens is 1. The fraction of sp³-hybridized carbons (Fsp3) is 0.500. The average molecular weight is 227 g/mol. The molecule has 0 amide bonds. The van der Waals surface area contributed by atoms with Crippen molar-refractivity contribution in [3.63, 3.8) is 0 Å². The molecule has 0 aliphatic carbocycles. The van der Waals surface area contributed by atoms with Crippen LogP contribution in [0.25, 0.3) is 0 Å². The Morgan fingerprint density at radius 2 is 2.13 bits per heavy atom. The minimum absolute atomic E-state index is 0.558. The molecule has 0 saturated heterocycles. The van der Waals surface area contributed by atoms with Gasteiger partial charge in [-0.05, 0) is 24.1 Å². The highest BCUT2D eigenvalue weighted by Crippen LogP contribution is 2.24. The number of hydrogen-bond acceptors (Lipinski definition) is 2. The Kier molecular flexibility index (Phi) is 4.92. The smallest absolute Gasteiger partial charge is 0.0426 e. The molecule has 1 aromatic rings. The predicted octanol–water partition coefficient (Wildman–Crippen LogP) is 3.04. The Morgan fingerprint density at radius 3 is 2.73 bits per heavy atom. The van der Waals surface area contributed by atoms with Crippen molar-refractivity contribution in [2.45, 2.75) is 26.3 Å². The highest BCUT2D eigenvalue weighted by Gasteiger charge is 2.06. The summed E-state index contributed by atoms with van der Waals surface area (Å²) in [7, 11) is 2.08. The van der Waals surface area contributed by atoms with Crippen LogP contribution in [-0.4, -0.2) is 13.6 Å². The maximum atomic E-state index is 5.98. The third kappa shape index (κ3) is 3.40. The van der Waals surface area contributed by atoms with Crippen LogP contribution in [0.4, 0.5) is 5.69 Å². The topological polar surface area (TPSA) is 29.3 Å². The third-order valence-corrected chi connectivity index (χ3v) is 2.76. The molecule has 1 aromatic carbocycles. The number of anilines is 1. The zero-order chi connectivity index (χ0) is 11.3. The summed E-state index contributed by atoms with van der Waals surface area (Å²) in [6.45, 7) is 3.79. The van der Waals surface area contributed by atoms with Crippen molar-refractivity contribution in [2.75, 3.05) is 18.5 Å². The van der Waals surface area contributed by atoms with Crippen molar-refractivity contribution in [1.29, 1.82) is 0 Å². The van der Waals surface area contributed by atoms with E-state index in [9.17, 15) is 0 Å². The largest absolute Gasteiger partial charge is 0.374 e. The van der Waals surface area contributed by atoms with Crippen LogP contribution in [0.1, 0.15) is 25.3 Å². The minimum Gasteiger partial charge on any atom is -0.374 e. The number of nitrogens with zero attached hydrogens (tertiary/aromatic N) is 1. The van der Waals surface area contributed by atoms with Gasteiger partial charge in [0.25, 0.3) is 0 Å². The first kappa shape index (κ1) is 12.3. The lowest BCUT2D eigenvalue weighted by molar-refractivity contribution is 0.763. The molecule has 0 aromatic heterocycles. The zero-order valence-corrected chi connectivity index (χ0v) is 10.2. The SMILES string of the molecule is CCCCN(C)c1cc(Cl)ccc1CN. The molecular weight excluding hydrogens is 208 g/mol. The molecule has 0 bridgehead atoms. The highest BCUT2D eigenvalue weighted by atomic mass is 35.5. The Bertz CT molecular complexity index is 312. The summed E-state index contributed by atoms with van der Waals surface area (Å²) in [5.41, 5.74) is 8.00. The second kappa shape index (κ2) is 5.99. The van der Waals surface area contributed by atoms with Crippen LogP contribution in [0.5, 0.6) is 0 Å². The van der Waals surface area contributed by atoms with Crippen LogP contribution in [0.3, 0.4) is 0 Å². The van der Waals surface area contributed by atoms with Gasteiger partial charge >= 0.3 is 0 Å². The lowest BCUT2D eigenvalue weighted by Crippen LogP contribution is -2.20. The van der Waals surface area contributed by atoms with E-state index in [-0.39, 0.29) is 0 Å². The molecule has 2 nitrogen and oxygen atoms in total. The van der Waals surface area contributed by atoms with E-state index >= 15 is 0 Å². The molecule has 0 aliphatic heterocycles. The molecule has 1 rings (SSSR count). The van der Waals surface area contributed by atoms with Crippen molar-refractivity contribution in [3.05, 3.63) is 28.8 Å². The van der Waals surface area contributed by atoms with E-state index in [1.165, 1.54) is 12.8 Å². The molecule has 0 unspecified atom stereocenters. The van der Waals surface area contributed by atoms with E-state index in [0.29, 0.717) is 6.54 Å². The van der Waals surface area contributed by atoms with E-state index in [1.807, 2.05) is 18.2 Å². The van der Waals surface area contributed by atoms with Crippen molar-refractivity contribution >= 4 is 17.3 Å². The fourth-order valence-electron chi connectivity index (χ4n) is 1.58. The van der Waals surface area contributed by atoms with Gasteiger partial charge < -0.3 is 10.6 Å². The monoisotopic (exact) mass is 226 g/mol. The number of hydrogen-bond donors (Lipinski definition) is 1. The van der Waals surface area contributed by atoms with E-state index in [1.54, 1.807) is 0 Å². The van der Waals surface area contributed by atoms with Gasteiger partial charge in [-0.25, -0.2) is 0 Å². The lowest BCUT2D eigenvalue weighted by Gasteiger charge is -2.22. The van der Waals surface area contributed by atoms with Crippen molar-refractivity contribution < 1.29 is 0 Å². The molecule has 0 spiro atoms. The summed E-state index contributed by atoms with van der Waals surface area (Å²) < 4.78 is 0. The summed E-state index contributed by atoms with van der Waals surface area (Å²) in [4.78, 5) is 2.22. The van der Waals surface area contributed by atoms with Gasteiger partial charge in [0.2, 0.25) is 0 Å². The van der Waals surface area contributed by atoms with E-state index in [0.717, 1.165) is 22.8 Å². The predicted molar refractivity (Wildman–Crippen MR) is 67.5 cm³/mol. The molecule has 2 N–H and O–H groups in total. The highest BCUT2D eigenvalue weighted by molar-refractivity contribution is 6.30. The Morgan fingerprint density at radius 1 is 1.40 bits per heavy atom. The molecule has 0 aliphatic rings. The van der Waals surface area contributed by atoms with Gasteiger partial charge in [0.1, 0.15) is 0 Å². The maximum absolute atomic E-state index is 5.98. The second-order valence-electron chi connectivity index (χ2n) is 3.75. The summed E-state index contributed by atoms with van der Waals surface area (Å²) in [5, 5.41) is 0.769. The molecular formula is C12H19ClN2. The Hall–Kier alpha value is -0.730. The number of unbranched alkanes of at least 4 members (excludes halogenated alkanes) is 1. The standard InChI is InChI=1S/C12H19ClN2/c1-3-4-7-15(2)12-8-11(13)6-5-10(12)9-14/h5-6,8H,3-4,7,9,14H2,1-2H3. The summed E-state index contributed by atoms with van der Waals surface area (Å²) >= 11 is 5.98. The van der Waals surface area contributed by atoms with Crippen LogP contribution in [0.15, 0.2) is 18.2 Å². The van der Waals surface area contributed by atoms with E-state index in [2.05, 4.69) is 18.9 Å². The van der Waals surface area contributed by atoms with Crippen LogP contribution in [-0.2, 0) is 6.54 Å². The van der Waals surface area contributed by atoms with Crippen LogP contribution >= 0.6 is 11.6 Å². The number of rotatable bonds is 5. The van der Waals surface area contributed by atoms with Crippen molar-refractivity contribution in [3.8, 4) is 0 Å². The van der Waals surface area contributed by atoms with Crippen molar-refractivity contribution in [2.24, 2.45) is 5.73 Å². The van der Waals surface area contributed by atoms with Gasteiger partial charge in [0.05, 0.1) is 0 Å². The summed E-state index contributed by atoms with van der Waals surface area (Å²) in [5.74, 6) is 0. The maximum Gasteiger partial charge on any atom is 0.0426 e. The van der Waals surface area contributed by atoms with E-state index in [4.69, 9.17) is 17.3 Å². The molecule has 84 valence electrons. The quantitative estimate of drug-likeness (QED) is 0.836. The van der Waals surface area contributed by atoms with Crippen LogP contribution in [0, 0.1) is 0 Å². The third-order valence-electron chi connectivity index (χ3n) is 2.53. The first-order chi connectivity index (χ1) is 7.19. The molecule has 0 atom stereocenters. The lowest BCUT2D eigenvalue weighted by atomic mass is 10.1. The second-order valence-corrected chi connectivity index (χ2v) is 4.19. The molecule has 3 heteroatoms. The van der Waals surface area contributed by atoms with Gasteiger partial charge in [0, 0.05) is 30.8 Å². The van der Waals surface area contributed by atoms with Gasteiger partial charge in [-0.1, -0.05) is 31.0 Å². The first-order valence-electron chi connectivity index (χ1n) is 5.38. The molecule has 0 saturated carbocycles. The summed E-state index contributed by atoms with van der Waals surface area (Å²) in [6, 6.07) is 5.88. The van der Waals surface area contributed by atoms with Gasteiger partial charge in [0.15, 0.2) is 0 Å².